The number of hydrogen-bond acceptors (Lipinski definition) is 4. The largest absolute Gasteiger partial charge is 0.491 e. The summed E-state index contributed by atoms with van der Waals surface area (Å²) in [6.07, 6.45) is 2.72. The monoisotopic (exact) mass is 516 g/mol. The first-order chi connectivity index (χ1) is 16.1. The van der Waals surface area contributed by atoms with E-state index in [2.05, 4.69) is 37.5 Å². The molecule has 1 fully saturated rings. The SMILES string of the molecule is CC(C)Oc1cccc(NC(=O)[C@@H]2CC(c3ccn(C(C)(C)C)n3)[C@H](c3ccc(Cl)cc3)N2)c1.Cl. The molecule has 4 rings (SSSR count). The molecule has 1 saturated heterocycles. The molecule has 2 aromatic carbocycles. The number of aromatic nitrogens is 2. The van der Waals surface area contributed by atoms with Crippen LogP contribution in [-0.4, -0.2) is 27.8 Å². The smallest absolute Gasteiger partial charge is 0.241 e. The van der Waals surface area contributed by atoms with Gasteiger partial charge in [-0.25, -0.2) is 0 Å². The van der Waals surface area contributed by atoms with Crippen molar-refractivity contribution in [3.63, 3.8) is 0 Å². The number of anilines is 1. The van der Waals surface area contributed by atoms with Crippen LogP contribution in [0.15, 0.2) is 60.8 Å². The molecule has 2 N–H and O–H groups in total. The zero-order chi connectivity index (χ0) is 24.5. The van der Waals surface area contributed by atoms with E-state index in [0.717, 1.165) is 17.0 Å². The zero-order valence-electron chi connectivity index (χ0n) is 20.8. The van der Waals surface area contributed by atoms with E-state index in [1.807, 2.05) is 73.3 Å². The highest BCUT2D eigenvalue weighted by molar-refractivity contribution is 6.30. The molecule has 0 radical (unpaired) electrons. The van der Waals surface area contributed by atoms with Crippen LogP contribution in [0.4, 0.5) is 5.69 Å². The number of halogens is 2. The van der Waals surface area contributed by atoms with E-state index in [-0.39, 0.29) is 48.0 Å². The second-order valence-electron chi connectivity index (χ2n) is 10.1. The van der Waals surface area contributed by atoms with Crippen molar-refractivity contribution in [3.8, 4) is 5.75 Å². The summed E-state index contributed by atoms with van der Waals surface area (Å²) in [5.41, 5.74) is 2.67. The Morgan fingerprint density at radius 2 is 1.89 bits per heavy atom. The molecule has 1 aliphatic rings. The molecular weight excluding hydrogens is 483 g/mol. The second kappa shape index (κ2) is 11.0. The summed E-state index contributed by atoms with van der Waals surface area (Å²) < 4.78 is 7.74. The quantitative estimate of drug-likeness (QED) is 0.401. The fraction of sp³-hybridized carbons (Fsp3) is 0.407. The van der Waals surface area contributed by atoms with E-state index in [1.165, 1.54) is 0 Å². The molecule has 188 valence electrons. The van der Waals surface area contributed by atoms with Crippen molar-refractivity contribution in [3.05, 3.63) is 77.1 Å². The maximum atomic E-state index is 13.3. The molecule has 1 aliphatic heterocycles. The number of ether oxygens (including phenoxy) is 1. The Kier molecular flexibility index (Phi) is 8.52. The number of carbonyl (C=O) groups is 1. The average Bonchev–Trinajstić information content (AvgIpc) is 3.41. The number of carbonyl (C=O) groups excluding carboxylic acids is 1. The molecule has 8 heteroatoms. The molecule has 0 saturated carbocycles. The van der Waals surface area contributed by atoms with Gasteiger partial charge in [-0.3, -0.25) is 14.8 Å². The van der Waals surface area contributed by atoms with Crippen molar-refractivity contribution < 1.29 is 9.53 Å². The topological polar surface area (TPSA) is 68.2 Å². The van der Waals surface area contributed by atoms with Crippen LogP contribution in [0.3, 0.4) is 0 Å². The highest BCUT2D eigenvalue weighted by Crippen LogP contribution is 2.40. The molecule has 6 nitrogen and oxygen atoms in total. The third-order valence-electron chi connectivity index (χ3n) is 5.97. The fourth-order valence-corrected chi connectivity index (χ4v) is 4.45. The number of hydrogen-bond donors (Lipinski definition) is 2. The van der Waals surface area contributed by atoms with Crippen LogP contribution in [0.5, 0.6) is 5.75 Å². The Labute approximate surface area is 218 Å². The average molecular weight is 518 g/mol. The van der Waals surface area contributed by atoms with E-state index in [9.17, 15) is 4.79 Å². The molecule has 35 heavy (non-hydrogen) atoms. The molecular formula is C27H34Cl2N4O2. The van der Waals surface area contributed by atoms with Gasteiger partial charge in [-0.05, 0) is 76.9 Å². The lowest BCUT2D eigenvalue weighted by molar-refractivity contribution is -0.117. The first-order valence-electron chi connectivity index (χ1n) is 11.8. The van der Waals surface area contributed by atoms with Crippen molar-refractivity contribution in [1.29, 1.82) is 0 Å². The third-order valence-corrected chi connectivity index (χ3v) is 6.22. The number of nitrogens with zero attached hydrogens (tertiary/aromatic N) is 2. The summed E-state index contributed by atoms with van der Waals surface area (Å²) in [5.74, 6) is 0.714. The van der Waals surface area contributed by atoms with E-state index >= 15 is 0 Å². The molecule has 0 spiro atoms. The Morgan fingerprint density at radius 1 is 1.17 bits per heavy atom. The summed E-state index contributed by atoms with van der Waals surface area (Å²) >= 11 is 6.13. The summed E-state index contributed by atoms with van der Waals surface area (Å²) in [6, 6.07) is 17.0. The lowest BCUT2D eigenvalue weighted by Crippen LogP contribution is -2.36. The second-order valence-corrected chi connectivity index (χ2v) is 10.6. The minimum absolute atomic E-state index is 0. The van der Waals surface area contributed by atoms with Crippen molar-refractivity contribution >= 4 is 35.6 Å². The normalized spacial score (nSPS) is 19.9. The molecule has 3 aromatic rings. The Bertz CT molecular complexity index is 1140. The van der Waals surface area contributed by atoms with Gasteiger partial charge in [0.2, 0.25) is 5.91 Å². The van der Waals surface area contributed by atoms with Crippen LogP contribution < -0.4 is 15.4 Å². The van der Waals surface area contributed by atoms with Crippen LogP contribution in [-0.2, 0) is 10.3 Å². The molecule has 0 bridgehead atoms. The lowest BCUT2D eigenvalue weighted by atomic mass is 9.90. The fourth-order valence-electron chi connectivity index (χ4n) is 4.32. The first-order valence-corrected chi connectivity index (χ1v) is 12.1. The Balaban J connectivity index is 0.00000342. The third kappa shape index (κ3) is 6.57. The number of nitrogens with one attached hydrogen (secondary N) is 2. The van der Waals surface area contributed by atoms with Gasteiger partial charge in [0, 0.05) is 34.9 Å². The van der Waals surface area contributed by atoms with E-state index in [4.69, 9.17) is 21.4 Å². The molecule has 1 amide bonds. The maximum Gasteiger partial charge on any atom is 0.241 e. The summed E-state index contributed by atoms with van der Waals surface area (Å²) in [4.78, 5) is 13.3. The standard InChI is InChI=1S/C27H33ClN4O2.ClH/c1-17(2)34-21-8-6-7-20(15-21)29-26(33)24-16-22(23-13-14-32(31-23)27(3,4)5)25(30-24)18-9-11-19(28)12-10-18;/h6-15,17,22,24-25,30H,16H2,1-5H3,(H,29,33);1H/t22?,24-,25-;/m0./s1. The molecule has 1 aromatic heterocycles. The minimum atomic E-state index is -0.361. The van der Waals surface area contributed by atoms with Gasteiger partial charge < -0.3 is 10.1 Å². The van der Waals surface area contributed by atoms with E-state index in [0.29, 0.717) is 17.1 Å². The van der Waals surface area contributed by atoms with E-state index in [1.54, 1.807) is 0 Å². The number of rotatable bonds is 6. The molecule has 2 heterocycles. The van der Waals surface area contributed by atoms with Crippen molar-refractivity contribution in [2.75, 3.05) is 5.32 Å². The van der Waals surface area contributed by atoms with Crippen LogP contribution in [0.1, 0.15) is 64.3 Å². The highest BCUT2D eigenvalue weighted by Gasteiger charge is 2.40. The van der Waals surface area contributed by atoms with Crippen molar-refractivity contribution in [1.82, 2.24) is 15.1 Å². The van der Waals surface area contributed by atoms with Crippen LogP contribution in [0.25, 0.3) is 0 Å². The van der Waals surface area contributed by atoms with Gasteiger partial charge in [-0.2, -0.15) is 5.10 Å². The maximum absolute atomic E-state index is 13.3. The predicted octanol–water partition coefficient (Wildman–Crippen LogP) is 6.33. The first kappa shape index (κ1) is 27.1. The van der Waals surface area contributed by atoms with Gasteiger partial charge >= 0.3 is 0 Å². The van der Waals surface area contributed by atoms with Crippen molar-refractivity contribution in [2.45, 2.75) is 70.7 Å². The van der Waals surface area contributed by atoms with Crippen LogP contribution in [0, 0.1) is 0 Å². The summed E-state index contributed by atoms with van der Waals surface area (Å²) in [6.45, 7) is 10.3. The lowest BCUT2D eigenvalue weighted by Gasteiger charge is -2.21. The van der Waals surface area contributed by atoms with Crippen LogP contribution >= 0.6 is 24.0 Å². The molecule has 0 aliphatic carbocycles. The molecule has 3 atom stereocenters. The van der Waals surface area contributed by atoms with Gasteiger partial charge in [0.25, 0.3) is 0 Å². The van der Waals surface area contributed by atoms with Gasteiger partial charge in [-0.1, -0.05) is 29.8 Å². The molecule has 1 unspecified atom stereocenters. The Hall–Kier alpha value is -2.54. The zero-order valence-corrected chi connectivity index (χ0v) is 22.4. The van der Waals surface area contributed by atoms with Gasteiger partial charge in [0.15, 0.2) is 0 Å². The minimum Gasteiger partial charge on any atom is -0.491 e. The summed E-state index contributed by atoms with van der Waals surface area (Å²) in [5, 5.41) is 12.2. The van der Waals surface area contributed by atoms with Gasteiger partial charge in [0.05, 0.1) is 23.4 Å². The predicted molar refractivity (Wildman–Crippen MR) is 144 cm³/mol. The van der Waals surface area contributed by atoms with Gasteiger partial charge in [-0.15, -0.1) is 12.4 Å². The highest BCUT2D eigenvalue weighted by atomic mass is 35.5. The summed E-state index contributed by atoms with van der Waals surface area (Å²) in [7, 11) is 0. The van der Waals surface area contributed by atoms with E-state index < -0.39 is 0 Å². The van der Waals surface area contributed by atoms with Gasteiger partial charge in [0.1, 0.15) is 5.75 Å². The van der Waals surface area contributed by atoms with Crippen LogP contribution in [0.2, 0.25) is 5.02 Å². The number of benzene rings is 2. The number of amides is 1. The Morgan fingerprint density at radius 3 is 2.51 bits per heavy atom. The van der Waals surface area contributed by atoms with Crippen molar-refractivity contribution in [2.24, 2.45) is 0 Å².